The Hall–Kier alpha value is -1.07. The second-order valence-electron chi connectivity index (χ2n) is 3.16. The van der Waals surface area contributed by atoms with E-state index in [1.807, 2.05) is 0 Å². The lowest BCUT2D eigenvalue weighted by Gasteiger charge is -2.08. The van der Waals surface area contributed by atoms with Crippen LogP contribution < -0.4 is 5.73 Å². The summed E-state index contributed by atoms with van der Waals surface area (Å²) < 4.78 is 8.82. The Morgan fingerprint density at radius 2 is 2.27 bits per heavy atom. The predicted molar refractivity (Wildman–Crippen MR) is 55.6 cm³/mol. The fraction of sp³-hybridized carbons (Fsp3) is 0.556. The van der Waals surface area contributed by atoms with Crippen molar-refractivity contribution in [3.05, 3.63) is 12.7 Å². The number of esters is 1. The van der Waals surface area contributed by atoms with Gasteiger partial charge in [-0.15, -0.1) is 19.0 Å². The quantitative estimate of drug-likeness (QED) is 0.449. The van der Waals surface area contributed by atoms with E-state index in [1.54, 1.807) is 13.0 Å². The molecule has 0 heterocycles. The Kier molecular flexibility index (Phi) is 4.77. The monoisotopic (exact) mass is 235 g/mol. The van der Waals surface area contributed by atoms with Crippen molar-refractivity contribution in [1.29, 1.82) is 0 Å². The molecule has 0 bridgehead atoms. The van der Waals surface area contributed by atoms with Crippen LogP contribution in [-0.2, 0) is 14.3 Å². The summed E-state index contributed by atoms with van der Waals surface area (Å²) in [5.41, 5.74) is 4.56. The molecule has 1 aliphatic carbocycles. The summed E-state index contributed by atoms with van der Waals surface area (Å²) >= 11 is 0. The summed E-state index contributed by atoms with van der Waals surface area (Å²) in [5, 5.41) is 0. The van der Waals surface area contributed by atoms with Crippen LogP contribution in [0.5, 0.6) is 0 Å². The Balaban J connectivity index is 0.00000196. The molecule has 2 unspecified atom stereocenters. The molecule has 1 fully saturated rings. The van der Waals surface area contributed by atoms with Crippen molar-refractivity contribution in [2.45, 2.75) is 18.9 Å². The maximum atomic E-state index is 11.3. The largest absolute Gasteiger partial charge is 0.516 e. The average Bonchev–Trinajstić information content (AvgIpc) is 2.79. The first-order valence-corrected chi connectivity index (χ1v) is 4.35. The van der Waals surface area contributed by atoms with E-state index < -0.39 is 17.7 Å². The van der Waals surface area contributed by atoms with E-state index in [4.69, 9.17) is 5.73 Å². The average molecular weight is 236 g/mol. The smallest absolute Gasteiger partial charge is 0.434 e. The second kappa shape index (κ2) is 5.14. The van der Waals surface area contributed by atoms with Crippen LogP contribution in [0.1, 0.15) is 13.3 Å². The van der Waals surface area contributed by atoms with E-state index in [1.165, 1.54) is 0 Å². The third-order valence-corrected chi connectivity index (χ3v) is 2.16. The number of ether oxygens (including phenoxy) is 2. The van der Waals surface area contributed by atoms with E-state index in [0.29, 0.717) is 6.42 Å². The van der Waals surface area contributed by atoms with Crippen molar-refractivity contribution in [2.24, 2.45) is 11.7 Å². The van der Waals surface area contributed by atoms with Crippen LogP contribution in [-0.4, -0.2) is 24.3 Å². The molecule has 1 saturated carbocycles. The first kappa shape index (κ1) is 13.9. The van der Waals surface area contributed by atoms with Gasteiger partial charge in [-0.3, -0.25) is 0 Å². The number of carbonyl (C=O) groups excluding carboxylic acids is 2. The number of nitrogens with two attached hydrogens (primary N) is 1. The van der Waals surface area contributed by atoms with Crippen molar-refractivity contribution >= 4 is 24.5 Å². The maximum absolute atomic E-state index is 11.3. The van der Waals surface area contributed by atoms with Crippen LogP contribution in [0.2, 0.25) is 0 Å². The van der Waals surface area contributed by atoms with Gasteiger partial charge in [-0.1, -0.05) is 6.08 Å². The summed E-state index contributed by atoms with van der Waals surface area (Å²) in [4.78, 5) is 22.1. The molecule has 86 valence electrons. The van der Waals surface area contributed by atoms with E-state index >= 15 is 0 Å². The highest BCUT2D eigenvalue weighted by molar-refractivity contribution is 5.92. The number of carbonyl (C=O) groups is 2. The van der Waals surface area contributed by atoms with Crippen LogP contribution in [0, 0.1) is 5.92 Å². The van der Waals surface area contributed by atoms with Gasteiger partial charge in [-0.05, 0) is 13.3 Å². The molecule has 2 N–H and O–H groups in total. The fourth-order valence-electron chi connectivity index (χ4n) is 1.15. The molecule has 0 spiro atoms. The van der Waals surface area contributed by atoms with Crippen molar-refractivity contribution in [3.8, 4) is 0 Å². The lowest BCUT2D eigenvalue weighted by Crippen LogP contribution is -2.38. The molecule has 6 heteroatoms. The Labute approximate surface area is 94.0 Å². The van der Waals surface area contributed by atoms with Crippen LogP contribution >= 0.6 is 12.4 Å². The van der Waals surface area contributed by atoms with Gasteiger partial charge in [0.1, 0.15) is 5.54 Å². The molecular formula is C9H14ClNO4. The number of hydrogen-bond acceptors (Lipinski definition) is 5. The predicted octanol–water partition coefficient (Wildman–Crippen LogP) is 1.01. The van der Waals surface area contributed by atoms with E-state index in [-0.39, 0.29) is 24.9 Å². The van der Waals surface area contributed by atoms with E-state index in [0.717, 1.165) is 0 Å². The maximum Gasteiger partial charge on any atom is 0.516 e. The Morgan fingerprint density at radius 1 is 1.67 bits per heavy atom. The zero-order valence-corrected chi connectivity index (χ0v) is 9.21. The molecule has 1 aliphatic rings. The summed E-state index contributed by atoms with van der Waals surface area (Å²) in [6, 6.07) is 0. The lowest BCUT2D eigenvalue weighted by atomic mass is 10.2. The van der Waals surface area contributed by atoms with Crippen LogP contribution in [0.4, 0.5) is 4.79 Å². The molecule has 1 rings (SSSR count). The zero-order valence-electron chi connectivity index (χ0n) is 8.39. The molecule has 15 heavy (non-hydrogen) atoms. The first-order chi connectivity index (χ1) is 6.54. The summed E-state index contributed by atoms with van der Waals surface area (Å²) in [6.07, 6.45) is 1.04. The molecule has 5 nitrogen and oxygen atoms in total. The summed E-state index contributed by atoms with van der Waals surface area (Å²) in [6.45, 7) is 5.29. The minimum Gasteiger partial charge on any atom is -0.434 e. The Bertz CT molecular complexity index is 281. The zero-order chi connectivity index (χ0) is 10.8. The van der Waals surface area contributed by atoms with Crippen LogP contribution in [0.25, 0.3) is 0 Å². The molecule has 0 aromatic heterocycles. The first-order valence-electron chi connectivity index (χ1n) is 4.35. The van der Waals surface area contributed by atoms with Gasteiger partial charge in [-0.2, -0.15) is 0 Å². The van der Waals surface area contributed by atoms with Gasteiger partial charge in [0.2, 0.25) is 0 Å². The minimum absolute atomic E-state index is 0. The molecule has 0 aromatic rings. The van der Waals surface area contributed by atoms with Crippen molar-refractivity contribution in [1.82, 2.24) is 0 Å². The van der Waals surface area contributed by atoms with Gasteiger partial charge in [0.15, 0.2) is 0 Å². The van der Waals surface area contributed by atoms with Crippen molar-refractivity contribution in [3.63, 3.8) is 0 Å². The highest BCUT2D eigenvalue weighted by Gasteiger charge is 2.57. The SMILES string of the molecule is C=CC1CC1(N)C(=O)OC(=O)OCC.Cl. The minimum atomic E-state index is -1.07. The summed E-state index contributed by atoms with van der Waals surface area (Å²) in [5.74, 6) is -0.856. The van der Waals surface area contributed by atoms with Crippen LogP contribution in [0.3, 0.4) is 0 Å². The summed E-state index contributed by atoms with van der Waals surface area (Å²) in [7, 11) is 0. The number of rotatable bonds is 3. The van der Waals surface area contributed by atoms with E-state index in [2.05, 4.69) is 16.1 Å². The molecule has 0 aromatic carbocycles. The molecule has 0 radical (unpaired) electrons. The van der Waals surface area contributed by atoms with Gasteiger partial charge in [0.05, 0.1) is 6.61 Å². The van der Waals surface area contributed by atoms with Crippen molar-refractivity contribution < 1.29 is 19.1 Å². The molecule has 0 saturated heterocycles. The van der Waals surface area contributed by atoms with Crippen molar-refractivity contribution in [2.75, 3.05) is 6.61 Å². The fourth-order valence-corrected chi connectivity index (χ4v) is 1.15. The molecule has 2 atom stereocenters. The normalized spacial score (nSPS) is 27.2. The highest BCUT2D eigenvalue weighted by atomic mass is 35.5. The van der Waals surface area contributed by atoms with Gasteiger partial charge >= 0.3 is 12.1 Å². The van der Waals surface area contributed by atoms with E-state index in [9.17, 15) is 9.59 Å². The topological polar surface area (TPSA) is 78.6 Å². The van der Waals surface area contributed by atoms with Gasteiger partial charge in [0, 0.05) is 5.92 Å². The van der Waals surface area contributed by atoms with Gasteiger partial charge < -0.3 is 15.2 Å². The Morgan fingerprint density at radius 3 is 2.67 bits per heavy atom. The molecule has 0 aliphatic heterocycles. The molecular weight excluding hydrogens is 222 g/mol. The van der Waals surface area contributed by atoms with Gasteiger partial charge in [0.25, 0.3) is 0 Å². The van der Waals surface area contributed by atoms with Gasteiger partial charge in [-0.25, -0.2) is 9.59 Å². The second-order valence-corrected chi connectivity index (χ2v) is 3.16. The molecule has 0 amide bonds. The lowest BCUT2D eigenvalue weighted by molar-refractivity contribution is -0.142. The standard InChI is InChI=1S/C9H13NO4.ClH/c1-3-6-5-9(6,10)7(11)14-8(12)13-4-2;/h3,6H,1,4-5,10H2,2H3;1H. The highest BCUT2D eigenvalue weighted by Crippen LogP contribution is 2.42. The van der Waals surface area contributed by atoms with Crippen LogP contribution in [0.15, 0.2) is 12.7 Å². The number of halogens is 1. The number of hydrogen-bond donors (Lipinski definition) is 1. The third-order valence-electron chi connectivity index (χ3n) is 2.16. The third kappa shape index (κ3) is 2.94.